The number of methoxy groups -OCH3 is 1. The van der Waals surface area contributed by atoms with E-state index in [4.69, 9.17) is 21.1 Å². The van der Waals surface area contributed by atoms with Crippen LogP contribution < -0.4 is 5.32 Å². The van der Waals surface area contributed by atoms with Gasteiger partial charge in [0.15, 0.2) is 0 Å². The van der Waals surface area contributed by atoms with Gasteiger partial charge in [0.25, 0.3) is 0 Å². The van der Waals surface area contributed by atoms with Crippen molar-refractivity contribution >= 4 is 29.6 Å². The Kier molecular flexibility index (Phi) is 8.92. The number of rotatable bonds is 7. The Morgan fingerprint density at radius 1 is 1.10 bits per heavy atom. The molecule has 2 rings (SSSR count). The van der Waals surface area contributed by atoms with E-state index in [-0.39, 0.29) is 24.4 Å². The molecule has 0 aromatic heterocycles. The lowest BCUT2D eigenvalue weighted by atomic mass is 10.0. The number of hydrogen-bond donors (Lipinski definition) is 1. The van der Waals surface area contributed by atoms with E-state index in [9.17, 15) is 14.4 Å². The molecule has 1 N–H and O–H groups in total. The molecule has 1 fully saturated rings. The topological polar surface area (TPSA) is 88.2 Å². The van der Waals surface area contributed by atoms with Crippen LogP contribution in [0.1, 0.15) is 32.4 Å². The first-order chi connectivity index (χ1) is 14.3. The van der Waals surface area contributed by atoms with E-state index in [2.05, 4.69) is 5.32 Å². The number of nitrogens with zero attached hydrogens (tertiary/aromatic N) is 2. The van der Waals surface area contributed by atoms with Crippen molar-refractivity contribution in [2.24, 2.45) is 5.92 Å². The smallest absolute Gasteiger partial charge is 0.407 e. The van der Waals surface area contributed by atoms with Gasteiger partial charge in [-0.2, -0.15) is 0 Å². The number of piperazine rings is 1. The van der Waals surface area contributed by atoms with Crippen molar-refractivity contribution in [3.8, 4) is 0 Å². The normalized spacial score (nSPS) is 16.7. The molecule has 0 bridgehead atoms. The number of carbonyl (C=O) groups excluding carboxylic acids is 3. The molecule has 0 aliphatic carbocycles. The van der Waals surface area contributed by atoms with E-state index >= 15 is 0 Å². The van der Waals surface area contributed by atoms with E-state index in [1.54, 1.807) is 36.1 Å². The summed E-state index contributed by atoms with van der Waals surface area (Å²) in [7, 11) is 1.36. The molecule has 1 aromatic rings. The third-order valence-electron chi connectivity index (χ3n) is 5.08. The zero-order valence-electron chi connectivity index (χ0n) is 17.9. The SMILES string of the molecule is CCOC(=O)NC(C(=O)N1CCN(C(C(=O)OC)c2ccc(Cl)cc2)CC1)C(C)C. The summed E-state index contributed by atoms with van der Waals surface area (Å²) in [5.41, 5.74) is 0.787. The lowest BCUT2D eigenvalue weighted by molar-refractivity contribution is -0.149. The van der Waals surface area contributed by atoms with Crippen LogP contribution in [-0.4, -0.2) is 73.7 Å². The van der Waals surface area contributed by atoms with Gasteiger partial charge in [-0.25, -0.2) is 9.59 Å². The van der Waals surface area contributed by atoms with Gasteiger partial charge in [0.1, 0.15) is 12.1 Å². The minimum atomic E-state index is -0.664. The fourth-order valence-electron chi connectivity index (χ4n) is 3.46. The van der Waals surface area contributed by atoms with E-state index in [0.717, 1.165) is 5.56 Å². The summed E-state index contributed by atoms with van der Waals surface area (Å²) in [5, 5.41) is 3.24. The number of alkyl carbamates (subject to hydrolysis) is 1. The number of benzene rings is 1. The Bertz CT molecular complexity index is 733. The van der Waals surface area contributed by atoms with Crippen molar-refractivity contribution in [1.29, 1.82) is 0 Å². The van der Waals surface area contributed by atoms with Crippen LogP contribution in [0.5, 0.6) is 0 Å². The summed E-state index contributed by atoms with van der Waals surface area (Å²) in [6.45, 7) is 7.57. The monoisotopic (exact) mass is 439 g/mol. The second-order valence-corrected chi connectivity index (χ2v) is 7.86. The molecular weight excluding hydrogens is 410 g/mol. The Morgan fingerprint density at radius 2 is 1.70 bits per heavy atom. The Labute approximate surface area is 182 Å². The molecule has 2 amide bonds. The fraction of sp³-hybridized carbons (Fsp3) is 0.571. The first-order valence-electron chi connectivity index (χ1n) is 10.1. The van der Waals surface area contributed by atoms with Gasteiger partial charge < -0.3 is 19.7 Å². The van der Waals surface area contributed by atoms with Gasteiger partial charge >= 0.3 is 12.1 Å². The molecule has 0 radical (unpaired) electrons. The average Bonchev–Trinajstić information content (AvgIpc) is 2.73. The third-order valence-corrected chi connectivity index (χ3v) is 5.33. The lowest BCUT2D eigenvalue weighted by Crippen LogP contribution is -2.57. The van der Waals surface area contributed by atoms with E-state index in [0.29, 0.717) is 31.2 Å². The van der Waals surface area contributed by atoms with Crippen LogP contribution in [0.4, 0.5) is 4.79 Å². The van der Waals surface area contributed by atoms with Crippen LogP contribution in [0.15, 0.2) is 24.3 Å². The minimum absolute atomic E-state index is 0.0863. The van der Waals surface area contributed by atoms with Gasteiger partial charge in [0.05, 0.1) is 13.7 Å². The molecule has 1 aliphatic heterocycles. The van der Waals surface area contributed by atoms with Gasteiger partial charge in [-0.05, 0) is 30.5 Å². The highest BCUT2D eigenvalue weighted by Crippen LogP contribution is 2.25. The molecular formula is C21H30ClN3O5. The van der Waals surface area contributed by atoms with Gasteiger partial charge in [0.2, 0.25) is 5.91 Å². The molecule has 2 unspecified atom stereocenters. The summed E-state index contributed by atoms with van der Waals surface area (Å²) in [6.07, 6.45) is -0.600. The van der Waals surface area contributed by atoms with Crippen LogP contribution in [0.3, 0.4) is 0 Å². The summed E-state index contributed by atoms with van der Waals surface area (Å²) in [4.78, 5) is 40.9. The van der Waals surface area contributed by atoms with Gasteiger partial charge in [-0.1, -0.05) is 37.6 Å². The maximum Gasteiger partial charge on any atom is 0.407 e. The molecule has 2 atom stereocenters. The maximum atomic E-state index is 13.0. The predicted molar refractivity (Wildman–Crippen MR) is 113 cm³/mol. The van der Waals surface area contributed by atoms with Crippen LogP contribution in [0, 0.1) is 5.92 Å². The molecule has 1 aliphatic rings. The molecule has 166 valence electrons. The fourth-order valence-corrected chi connectivity index (χ4v) is 3.59. The molecule has 9 heteroatoms. The number of carbonyl (C=O) groups is 3. The van der Waals surface area contributed by atoms with E-state index in [1.807, 2.05) is 18.7 Å². The van der Waals surface area contributed by atoms with Crippen LogP contribution in [-0.2, 0) is 19.1 Å². The van der Waals surface area contributed by atoms with Crippen molar-refractivity contribution in [3.63, 3.8) is 0 Å². The van der Waals surface area contributed by atoms with Crippen molar-refractivity contribution in [2.75, 3.05) is 39.9 Å². The number of amides is 2. The van der Waals surface area contributed by atoms with Crippen molar-refractivity contribution in [2.45, 2.75) is 32.9 Å². The molecule has 8 nitrogen and oxygen atoms in total. The van der Waals surface area contributed by atoms with Gasteiger partial charge in [-0.3, -0.25) is 9.69 Å². The highest BCUT2D eigenvalue weighted by atomic mass is 35.5. The first kappa shape index (κ1) is 24.0. The van der Waals surface area contributed by atoms with Gasteiger partial charge in [-0.15, -0.1) is 0 Å². The molecule has 1 aromatic carbocycles. The minimum Gasteiger partial charge on any atom is -0.468 e. The summed E-state index contributed by atoms with van der Waals surface area (Å²) in [5.74, 6) is -0.600. The van der Waals surface area contributed by atoms with Crippen LogP contribution in [0.2, 0.25) is 5.02 Å². The van der Waals surface area contributed by atoms with Gasteiger partial charge in [0, 0.05) is 31.2 Å². The molecule has 0 saturated carbocycles. The zero-order valence-corrected chi connectivity index (χ0v) is 18.6. The Balaban J connectivity index is 2.06. The number of halogens is 1. The number of nitrogens with one attached hydrogen (secondary N) is 1. The quantitative estimate of drug-likeness (QED) is 0.656. The molecule has 1 heterocycles. The Hall–Kier alpha value is -2.32. The van der Waals surface area contributed by atoms with E-state index in [1.165, 1.54) is 7.11 Å². The van der Waals surface area contributed by atoms with E-state index < -0.39 is 18.2 Å². The van der Waals surface area contributed by atoms with Crippen LogP contribution >= 0.6 is 11.6 Å². The van der Waals surface area contributed by atoms with Crippen LogP contribution in [0.25, 0.3) is 0 Å². The lowest BCUT2D eigenvalue weighted by Gasteiger charge is -2.39. The molecule has 0 spiro atoms. The van der Waals surface area contributed by atoms with Crippen molar-refractivity contribution < 1.29 is 23.9 Å². The zero-order chi connectivity index (χ0) is 22.3. The molecule has 30 heavy (non-hydrogen) atoms. The second-order valence-electron chi connectivity index (χ2n) is 7.42. The summed E-state index contributed by atoms with van der Waals surface area (Å²) in [6, 6.07) is 5.85. The van der Waals surface area contributed by atoms with Crippen molar-refractivity contribution in [3.05, 3.63) is 34.9 Å². The first-order valence-corrected chi connectivity index (χ1v) is 10.5. The maximum absolute atomic E-state index is 13.0. The second kappa shape index (κ2) is 11.2. The average molecular weight is 440 g/mol. The highest BCUT2D eigenvalue weighted by molar-refractivity contribution is 6.30. The largest absolute Gasteiger partial charge is 0.468 e. The standard InChI is InChI=1S/C21H30ClN3O5/c1-5-30-21(28)23-17(14(2)3)19(26)25-12-10-24(11-13-25)18(20(27)29-4)15-6-8-16(22)9-7-15/h6-9,14,17-18H,5,10-13H2,1-4H3,(H,23,28). The van der Waals surface area contributed by atoms with Crippen molar-refractivity contribution in [1.82, 2.24) is 15.1 Å². The number of esters is 1. The number of ether oxygens (including phenoxy) is 2. The summed E-state index contributed by atoms with van der Waals surface area (Å²) >= 11 is 5.97. The third kappa shape index (κ3) is 6.09. The summed E-state index contributed by atoms with van der Waals surface area (Å²) < 4.78 is 9.92. The highest BCUT2D eigenvalue weighted by Gasteiger charge is 2.35. The number of hydrogen-bond acceptors (Lipinski definition) is 6. The molecule has 1 saturated heterocycles. The predicted octanol–water partition coefficient (Wildman–Crippen LogP) is 2.47. The Morgan fingerprint density at radius 3 is 2.20 bits per heavy atom.